The van der Waals surface area contributed by atoms with Crippen molar-refractivity contribution in [3.8, 4) is 0 Å². The van der Waals surface area contributed by atoms with Crippen molar-refractivity contribution >= 4 is 10.0 Å². The lowest BCUT2D eigenvalue weighted by molar-refractivity contribution is 0.289. The first-order valence-corrected chi connectivity index (χ1v) is 6.01. The van der Waals surface area contributed by atoms with Crippen LogP contribution in [0.15, 0.2) is 23.1 Å². The van der Waals surface area contributed by atoms with Crippen molar-refractivity contribution in [2.24, 2.45) is 0 Å². The normalized spacial score (nSPS) is 11.7. The maximum Gasteiger partial charge on any atom is 0.243 e. The zero-order valence-electron chi connectivity index (χ0n) is 8.28. The lowest BCUT2D eigenvalue weighted by Gasteiger charge is -2.06. The SMILES string of the molecule is O=S(=O)(NCCCO)c1cc(F)ccc1F. The molecule has 1 rings (SSSR count). The van der Waals surface area contributed by atoms with Gasteiger partial charge in [0, 0.05) is 13.2 Å². The topological polar surface area (TPSA) is 66.4 Å². The third-order valence-electron chi connectivity index (χ3n) is 1.81. The molecule has 7 heteroatoms. The molecule has 90 valence electrons. The predicted octanol–water partition coefficient (Wildman–Crippen LogP) is 0.625. The fourth-order valence-electron chi connectivity index (χ4n) is 1.05. The summed E-state index contributed by atoms with van der Waals surface area (Å²) in [5.74, 6) is -1.85. The van der Waals surface area contributed by atoms with Crippen LogP contribution in [0.3, 0.4) is 0 Å². The number of aliphatic hydroxyl groups excluding tert-OH is 1. The minimum Gasteiger partial charge on any atom is -0.396 e. The third-order valence-corrected chi connectivity index (χ3v) is 3.29. The Hall–Kier alpha value is -1.05. The monoisotopic (exact) mass is 251 g/mol. The molecule has 16 heavy (non-hydrogen) atoms. The van der Waals surface area contributed by atoms with Gasteiger partial charge >= 0.3 is 0 Å². The molecule has 1 aromatic rings. The molecule has 0 aliphatic heterocycles. The minimum absolute atomic E-state index is 0.0329. The summed E-state index contributed by atoms with van der Waals surface area (Å²) in [6.07, 6.45) is 0.205. The van der Waals surface area contributed by atoms with Gasteiger partial charge in [0.1, 0.15) is 16.5 Å². The Morgan fingerprint density at radius 3 is 2.62 bits per heavy atom. The standard InChI is InChI=1S/C9H11F2NO3S/c10-7-2-3-8(11)9(6-7)16(14,15)12-4-1-5-13/h2-3,6,12-13H,1,4-5H2. The van der Waals surface area contributed by atoms with E-state index < -0.39 is 26.6 Å². The summed E-state index contributed by atoms with van der Waals surface area (Å²) in [6, 6.07) is 2.19. The summed E-state index contributed by atoms with van der Waals surface area (Å²) in [4.78, 5) is -0.731. The molecular formula is C9H11F2NO3S. The van der Waals surface area contributed by atoms with Crippen molar-refractivity contribution in [3.05, 3.63) is 29.8 Å². The molecule has 0 heterocycles. The zero-order chi connectivity index (χ0) is 12.2. The second kappa shape index (κ2) is 5.33. The summed E-state index contributed by atoms with van der Waals surface area (Å²) >= 11 is 0. The number of nitrogens with one attached hydrogen (secondary N) is 1. The van der Waals surface area contributed by atoms with Crippen molar-refractivity contribution in [3.63, 3.8) is 0 Å². The first-order chi connectivity index (χ1) is 7.47. The molecule has 0 amide bonds. The number of hydrogen-bond acceptors (Lipinski definition) is 3. The number of halogens is 2. The van der Waals surface area contributed by atoms with E-state index in [0.29, 0.717) is 6.07 Å². The maximum atomic E-state index is 13.1. The van der Waals surface area contributed by atoms with Crippen LogP contribution in [-0.4, -0.2) is 26.7 Å². The number of rotatable bonds is 5. The van der Waals surface area contributed by atoms with Gasteiger partial charge < -0.3 is 5.11 Å². The highest BCUT2D eigenvalue weighted by atomic mass is 32.2. The summed E-state index contributed by atoms with van der Waals surface area (Å²) in [6.45, 7) is -0.219. The van der Waals surface area contributed by atoms with Crippen LogP contribution < -0.4 is 4.72 Å². The van der Waals surface area contributed by atoms with E-state index in [1.54, 1.807) is 0 Å². The van der Waals surface area contributed by atoms with Crippen LogP contribution in [0.25, 0.3) is 0 Å². The predicted molar refractivity (Wildman–Crippen MR) is 53.2 cm³/mol. The Morgan fingerprint density at radius 2 is 2.00 bits per heavy atom. The first kappa shape index (κ1) is 13.0. The van der Waals surface area contributed by atoms with Crippen LogP contribution >= 0.6 is 0 Å². The van der Waals surface area contributed by atoms with E-state index in [1.807, 2.05) is 4.72 Å². The molecule has 4 nitrogen and oxygen atoms in total. The lowest BCUT2D eigenvalue weighted by atomic mass is 10.3. The van der Waals surface area contributed by atoms with Gasteiger partial charge in [0.05, 0.1) is 0 Å². The van der Waals surface area contributed by atoms with Crippen LogP contribution in [-0.2, 0) is 10.0 Å². The Kier molecular flexibility index (Phi) is 4.34. The average Bonchev–Trinajstić information content (AvgIpc) is 2.22. The maximum absolute atomic E-state index is 13.1. The van der Waals surface area contributed by atoms with Crippen LogP contribution in [0.4, 0.5) is 8.78 Å². The fraction of sp³-hybridized carbons (Fsp3) is 0.333. The van der Waals surface area contributed by atoms with Gasteiger partial charge in [-0.05, 0) is 24.6 Å². The Morgan fingerprint density at radius 1 is 1.31 bits per heavy atom. The minimum atomic E-state index is -4.06. The van der Waals surface area contributed by atoms with Crippen LogP contribution in [0.5, 0.6) is 0 Å². The van der Waals surface area contributed by atoms with Gasteiger partial charge in [-0.1, -0.05) is 0 Å². The van der Waals surface area contributed by atoms with Gasteiger partial charge in [-0.25, -0.2) is 21.9 Å². The molecule has 0 aliphatic rings. The first-order valence-electron chi connectivity index (χ1n) is 4.53. The van der Waals surface area contributed by atoms with Crippen molar-refractivity contribution < 1.29 is 22.3 Å². The highest BCUT2D eigenvalue weighted by Crippen LogP contribution is 2.15. The molecule has 0 saturated heterocycles. The summed E-state index contributed by atoms with van der Waals surface area (Å²) in [5, 5.41) is 8.46. The fourth-order valence-corrected chi connectivity index (χ4v) is 2.21. The summed E-state index contributed by atoms with van der Waals surface area (Å²) in [5.41, 5.74) is 0. The summed E-state index contributed by atoms with van der Waals surface area (Å²) < 4.78 is 50.9. The van der Waals surface area contributed by atoms with E-state index in [0.717, 1.165) is 12.1 Å². The van der Waals surface area contributed by atoms with E-state index in [2.05, 4.69) is 0 Å². The Labute approximate surface area is 92.0 Å². The van der Waals surface area contributed by atoms with E-state index in [9.17, 15) is 17.2 Å². The lowest BCUT2D eigenvalue weighted by Crippen LogP contribution is -2.26. The van der Waals surface area contributed by atoms with E-state index >= 15 is 0 Å². The third kappa shape index (κ3) is 3.22. The van der Waals surface area contributed by atoms with Crippen molar-refractivity contribution in [1.29, 1.82) is 0 Å². The smallest absolute Gasteiger partial charge is 0.243 e. The average molecular weight is 251 g/mol. The van der Waals surface area contributed by atoms with E-state index in [4.69, 9.17) is 5.11 Å². The van der Waals surface area contributed by atoms with Gasteiger partial charge in [-0.15, -0.1) is 0 Å². The zero-order valence-corrected chi connectivity index (χ0v) is 9.10. The van der Waals surface area contributed by atoms with Crippen LogP contribution in [0, 0.1) is 11.6 Å². The molecule has 0 atom stereocenters. The van der Waals surface area contributed by atoms with Gasteiger partial charge in [0.2, 0.25) is 10.0 Å². The van der Waals surface area contributed by atoms with Crippen molar-refractivity contribution in [2.75, 3.05) is 13.2 Å². The second-order valence-electron chi connectivity index (χ2n) is 3.05. The second-order valence-corrected chi connectivity index (χ2v) is 4.79. The molecule has 1 aromatic carbocycles. The molecule has 0 aliphatic carbocycles. The molecule has 0 aromatic heterocycles. The Bertz CT molecular complexity index is 462. The number of hydrogen-bond donors (Lipinski definition) is 2. The van der Waals surface area contributed by atoms with Gasteiger partial charge in [0.25, 0.3) is 0 Å². The number of aliphatic hydroxyl groups is 1. The molecule has 0 spiro atoms. The van der Waals surface area contributed by atoms with E-state index in [1.165, 1.54) is 0 Å². The highest BCUT2D eigenvalue weighted by Gasteiger charge is 2.18. The molecule has 0 radical (unpaired) electrons. The molecule has 0 unspecified atom stereocenters. The van der Waals surface area contributed by atoms with E-state index in [-0.39, 0.29) is 19.6 Å². The quantitative estimate of drug-likeness (QED) is 0.754. The number of sulfonamides is 1. The van der Waals surface area contributed by atoms with Gasteiger partial charge in [-0.2, -0.15) is 0 Å². The molecular weight excluding hydrogens is 240 g/mol. The van der Waals surface area contributed by atoms with Crippen LogP contribution in [0.2, 0.25) is 0 Å². The van der Waals surface area contributed by atoms with Gasteiger partial charge in [0.15, 0.2) is 0 Å². The largest absolute Gasteiger partial charge is 0.396 e. The van der Waals surface area contributed by atoms with Crippen molar-refractivity contribution in [2.45, 2.75) is 11.3 Å². The highest BCUT2D eigenvalue weighted by molar-refractivity contribution is 7.89. The Balaban J connectivity index is 2.93. The number of benzene rings is 1. The molecule has 0 fully saturated rings. The van der Waals surface area contributed by atoms with Crippen LogP contribution in [0.1, 0.15) is 6.42 Å². The molecule has 0 bridgehead atoms. The van der Waals surface area contributed by atoms with Crippen molar-refractivity contribution in [1.82, 2.24) is 4.72 Å². The molecule has 0 saturated carbocycles. The summed E-state index contributed by atoms with van der Waals surface area (Å²) in [7, 11) is -4.06. The van der Waals surface area contributed by atoms with Gasteiger partial charge in [-0.3, -0.25) is 0 Å². The molecule has 2 N–H and O–H groups in total.